The lowest BCUT2D eigenvalue weighted by atomic mass is 10.1. The highest BCUT2D eigenvalue weighted by atomic mass is 31.2. The van der Waals surface area contributed by atoms with Gasteiger partial charge in [-0.2, -0.15) is 4.98 Å². The number of phosphoric acid groups is 1. The number of nitrogens with one attached hydrogen (secondary N) is 1. The molecule has 21 heteroatoms. The minimum absolute atomic E-state index is 0.0150. The lowest BCUT2D eigenvalue weighted by molar-refractivity contribution is -0.0552. The van der Waals surface area contributed by atoms with Crippen LogP contribution in [-0.2, 0) is 23.1 Å². The number of nitrogen functional groups attached to an aromatic ring is 2. The maximum atomic E-state index is 12.8. The topological polar surface area (TPSA) is 294 Å². The average molecular weight is 596 g/mol. The summed E-state index contributed by atoms with van der Waals surface area (Å²) in [5.74, 6) is -0.0852. The molecule has 41 heavy (non-hydrogen) atoms. The summed E-state index contributed by atoms with van der Waals surface area (Å²) in [5, 5.41) is 32.0. The van der Waals surface area contributed by atoms with Crippen LogP contribution in [-0.4, -0.2) is 102 Å². The summed E-state index contributed by atoms with van der Waals surface area (Å²) in [6.07, 6.45) is -6.78. The zero-order valence-corrected chi connectivity index (χ0v) is 21.9. The summed E-state index contributed by atoms with van der Waals surface area (Å²) in [4.78, 5) is 44.7. The Hall–Kier alpha value is -3.59. The molecule has 0 aliphatic carbocycles. The van der Waals surface area contributed by atoms with Gasteiger partial charge in [0.2, 0.25) is 5.95 Å². The van der Waals surface area contributed by atoms with E-state index in [1.165, 1.54) is 35.0 Å². The normalized spacial score (nSPS) is 31.7. The molecule has 4 aromatic rings. The summed E-state index contributed by atoms with van der Waals surface area (Å²) < 4.78 is 37.1. The monoisotopic (exact) mass is 596 g/mol. The van der Waals surface area contributed by atoms with Crippen molar-refractivity contribution in [3.63, 3.8) is 0 Å². The third-order valence-electron chi connectivity index (χ3n) is 6.83. The van der Waals surface area contributed by atoms with E-state index in [9.17, 15) is 29.6 Å². The quantitative estimate of drug-likeness (QED) is 0.109. The molecule has 1 unspecified atom stereocenters. The number of aliphatic hydroxyl groups is 3. The number of hydrogen-bond donors (Lipinski definition) is 7. The van der Waals surface area contributed by atoms with Gasteiger partial charge in [-0.1, -0.05) is 0 Å². The van der Waals surface area contributed by atoms with Crippen molar-refractivity contribution in [2.75, 3.05) is 18.1 Å². The summed E-state index contributed by atoms with van der Waals surface area (Å²) in [6, 6.07) is 0. The third kappa shape index (κ3) is 4.74. The number of imidazole rings is 2. The molecule has 0 bridgehead atoms. The maximum Gasteiger partial charge on any atom is 0.472 e. The summed E-state index contributed by atoms with van der Waals surface area (Å²) in [7, 11) is -4.88. The molecule has 2 fully saturated rings. The number of aromatic amines is 1. The van der Waals surface area contributed by atoms with Crippen LogP contribution < -0.4 is 17.0 Å². The van der Waals surface area contributed by atoms with Crippen molar-refractivity contribution in [3.05, 3.63) is 29.3 Å². The molecule has 20 nitrogen and oxygen atoms in total. The molecule has 220 valence electrons. The number of nitrogens with zero attached hydrogens (tertiary/aromatic N) is 7. The summed E-state index contributed by atoms with van der Waals surface area (Å²) in [5.41, 5.74) is 11.2. The van der Waals surface area contributed by atoms with Crippen molar-refractivity contribution in [1.82, 2.24) is 39.0 Å². The number of anilines is 2. The van der Waals surface area contributed by atoms with Gasteiger partial charge in [0.05, 0.1) is 25.4 Å². The predicted octanol–water partition coefficient (Wildman–Crippen LogP) is -2.48. The van der Waals surface area contributed by atoms with Crippen LogP contribution in [0.4, 0.5) is 11.8 Å². The van der Waals surface area contributed by atoms with Crippen molar-refractivity contribution in [1.29, 1.82) is 0 Å². The molecule has 6 heterocycles. The predicted molar refractivity (Wildman–Crippen MR) is 134 cm³/mol. The molecule has 2 aliphatic heterocycles. The van der Waals surface area contributed by atoms with Gasteiger partial charge in [0, 0.05) is 0 Å². The number of rotatable bonds is 7. The van der Waals surface area contributed by atoms with Gasteiger partial charge in [-0.05, 0) is 6.92 Å². The molecule has 0 saturated carbocycles. The van der Waals surface area contributed by atoms with Crippen LogP contribution >= 0.6 is 7.82 Å². The minimum Gasteiger partial charge on any atom is -0.387 e. The first kappa shape index (κ1) is 27.6. The van der Waals surface area contributed by atoms with Crippen molar-refractivity contribution >= 4 is 41.9 Å². The second kappa shape index (κ2) is 10.0. The number of H-pyrrole nitrogens is 1. The number of aromatic nitrogens is 8. The maximum absolute atomic E-state index is 12.8. The van der Waals surface area contributed by atoms with Gasteiger partial charge >= 0.3 is 7.82 Å². The molecule has 6 rings (SSSR count). The van der Waals surface area contributed by atoms with Gasteiger partial charge in [-0.3, -0.25) is 28.0 Å². The Balaban J connectivity index is 1.13. The lowest BCUT2D eigenvalue weighted by Crippen LogP contribution is -2.35. The van der Waals surface area contributed by atoms with E-state index in [1.54, 1.807) is 0 Å². The Morgan fingerprint density at radius 3 is 2.44 bits per heavy atom. The van der Waals surface area contributed by atoms with E-state index in [-0.39, 0.29) is 34.1 Å². The van der Waals surface area contributed by atoms with Gasteiger partial charge in [-0.15, -0.1) is 0 Å². The molecule has 0 amide bonds. The van der Waals surface area contributed by atoms with Crippen LogP contribution in [0, 0.1) is 0 Å². The van der Waals surface area contributed by atoms with Gasteiger partial charge in [-0.25, -0.2) is 24.5 Å². The van der Waals surface area contributed by atoms with E-state index < -0.39 is 69.1 Å². The molecular weight excluding hydrogens is 571 g/mol. The number of fused-ring (bicyclic) bond motifs is 2. The second-order valence-corrected chi connectivity index (χ2v) is 10.9. The highest BCUT2D eigenvalue weighted by Gasteiger charge is 2.49. The summed E-state index contributed by atoms with van der Waals surface area (Å²) in [6.45, 7) is 0.817. The van der Waals surface area contributed by atoms with Gasteiger partial charge in [0.15, 0.2) is 35.1 Å². The van der Waals surface area contributed by atoms with E-state index >= 15 is 0 Å². The molecule has 0 aromatic carbocycles. The Morgan fingerprint density at radius 2 is 1.68 bits per heavy atom. The van der Waals surface area contributed by atoms with Crippen molar-refractivity contribution < 1.29 is 43.3 Å². The number of nitrogens with two attached hydrogens (primary N) is 2. The molecule has 9 atom stereocenters. The fourth-order valence-electron chi connectivity index (χ4n) is 4.83. The van der Waals surface area contributed by atoms with Crippen LogP contribution in [0.3, 0.4) is 0 Å². The van der Waals surface area contributed by atoms with E-state index in [4.69, 9.17) is 30.0 Å². The van der Waals surface area contributed by atoms with E-state index in [0.717, 1.165) is 0 Å². The van der Waals surface area contributed by atoms with E-state index in [2.05, 4.69) is 29.9 Å². The largest absolute Gasteiger partial charge is 0.472 e. The smallest absolute Gasteiger partial charge is 0.387 e. The first-order valence-corrected chi connectivity index (χ1v) is 13.6. The Bertz CT molecular complexity index is 1710. The third-order valence-corrected chi connectivity index (χ3v) is 7.81. The standard InChI is InChI=1S/C20H25N10O10P/c1-6-13(12(33)19(38-6)29-4-25-8-14(21)23-3-24-15(8)29)40-41(35,36)37-2-7-10(31)11(32)18(39-7)30-5-26-9-16(30)27-20(22)28-17(9)34/h3-7,10-13,18-19,31-33H,2H2,1H3,(H,35,36)(H2,21,23,24)(H3,22,27,28,34)/t6-,7-,10-,11-,12-,13-,18-,19-/m1/s1. The zero-order valence-electron chi connectivity index (χ0n) is 21.0. The van der Waals surface area contributed by atoms with Gasteiger partial charge in [0.1, 0.15) is 42.4 Å². The zero-order chi connectivity index (χ0) is 29.2. The number of aliphatic hydroxyl groups excluding tert-OH is 3. The average Bonchev–Trinajstić information content (AvgIpc) is 3.66. The highest BCUT2D eigenvalue weighted by Crippen LogP contribution is 2.49. The molecule has 2 aliphatic rings. The number of hydrogen-bond acceptors (Lipinski definition) is 16. The Kier molecular flexibility index (Phi) is 6.76. The molecule has 0 radical (unpaired) electrons. The van der Waals surface area contributed by atoms with Crippen LogP contribution in [0.15, 0.2) is 23.8 Å². The summed E-state index contributed by atoms with van der Waals surface area (Å²) >= 11 is 0. The van der Waals surface area contributed by atoms with Crippen molar-refractivity contribution in [2.45, 2.75) is 56.0 Å². The molecule has 0 spiro atoms. The highest BCUT2D eigenvalue weighted by molar-refractivity contribution is 7.47. The van der Waals surface area contributed by atoms with Gasteiger partial charge < -0.3 is 41.2 Å². The Labute approximate surface area is 228 Å². The molecular formula is C20H25N10O10P. The van der Waals surface area contributed by atoms with Crippen molar-refractivity contribution in [2.24, 2.45) is 0 Å². The first-order valence-electron chi connectivity index (χ1n) is 12.1. The molecule has 2 saturated heterocycles. The van der Waals surface area contributed by atoms with Crippen LogP contribution in [0.5, 0.6) is 0 Å². The molecule has 9 N–H and O–H groups in total. The number of phosphoric ester groups is 1. The van der Waals surface area contributed by atoms with E-state index in [0.29, 0.717) is 0 Å². The van der Waals surface area contributed by atoms with Crippen LogP contribution in [0.2, 0.25) is 0 Å². The number of ether oxygens (including phenoxy) is 2. The fraction of sp³-hybridized carbons (Fsp3) is 0.500. The van der Waals surface area contributed by atoms with Gasteiger partial charge in [0.25, 0.3) is 5.56 Å². The fourth-order valence-corrected chi connectivity index (χ4v) is 5.83. The first-order chi connectivity index (χ1) is 19.4. The van der Waals surface area contributed by atoms with Crippen LogP contribution in [0.1, 0.15) is 19.4 Å². The SMILES string of the molecule is C[C@H]1O[C@@H](n2cnc3c(N)ncnc32)[C@H](O)[C@@H]1OP(=O)(O)OC[C@H]1O[C@@H](n2cnc3c(=O)[nH]c(N)nc32)[C@H](O)[C@@H]1O. The lowest BCUT2D eigenvalue weighted by Gasteiger charge is -2.23. The second-order valence-electron chi connectivity index (χ2n) is 9.46. The van der Waals surface area contributed by atoms with Crippen molar-refractivity contribution in [3.8, 4) is 0 Å². The minimum atomic E-state index is -4.88. The van der Waals surface area contributed by atoms with E-state index in [1.807, 2.05) is 0 Å². The molecule has 4 aromatic heterocycles. The Morgan fingerprint density at radius 1 is 1.00 bits per heavy atom. The van der Waals surface area contributed by atoms with Crippen LogP contribution in [0.25, 0.3) is 22.3 Å².